The van der Waals surface area contributed by atoms with Crippen LogP contribution in [0.15, 0.2) is 24.3 Å². The normalized spacial score (nSPS) is 28.2. The molecule has 2 rings (SSSR count). The van der Waals surface area contributed by atoms with E-state index in [1.54, 1.807) is 20.8 Å². The van der Waals surface area contributed by atoms with Gasteiger partial charge >= 0.3 is 6.18 Å². The van der Waals surface area contributed by atoms with Crippen molar-refractivity contribution in [2.24, 2.45) is 0 Å². The standard InChI is InChI=1S/C13H15ClF3NOS/c1-11(2,3)20(19)18-8-12(18,13(15,16)17)9-4-6-10(14)7-5-9/h4-7H,8H2,1-3H3/t12-,18?,20?/m0/s1. The van der Waals surface area contributed by atoms with Crippen LogP contribution in [0.2, 0.25) is 5.02 Å². The molecule has 0 aromatic heterocycles. The van der Waals surface area contributed by atoms with E-state index in [0.29, 0.717) is 5.02 Å². The molecule has 1 aromatic rings. The zero-order chi connectivity index (χ0) is 15.3. The Hall–Kier alpha value is -0.590. The van der Waals surface area contributed by atoms with Crippen molar-refractivity contribution >= 4 is 22.6 Å². The monoisotopic (exact) mass is 325 g/mol. The number of halogens is 4. The van der Waals surface area contributed by atoms with E-state index >= 15 is 0 Å². The van der Waals surface area contributed by atoms with Gasteiger partial charge in [0.15, 0.2) is 5.54 Å². The molecule has 0 bridgehead atoms. The van der Waals surface area contributed by atoms with Crippen LogP contribution in [0.5, 0.6) is 0 Å². The Bertz CT molecular complexity index is 538. The van der Waals surface area contributed by atoms with Gasteiger partial charge in [-0.3, -0.25) is 0 Å². The van der Waals surface area contributed by atoms with Crippen molar-refractivity contribution in [3.8, 4) is 0 Å². The van der Waals surface area contributed by atoms with Crippen molar-refractivity contribution in [3.63, 3.8) is 0 Å². The average molecular weight is 326 g/mol. The molecule has 2 unspecified atom stereocenters. The first kappa shape index (κ1) is 15.8. The second kappa shape index (κ2) is 4.71. The summed E-state index contributed by atoms with van der Waals surface area (Å²) in [6.45, 7) is 4.68. The van der Waals surface area contributed by atoms with Gasteiger partial charge in [0.05, 0.1) is 4.75 Å². The van der Waals surface area contributed by atoms with Crippen LogP contribution in [0.1, 0.15) is 26.3 Å². The Morgan fingerprint density at radius 1 is 1.20 bits per heavy atom. The van der Waals surface area contributed by atoms with Gasteiger partial charge in [-0.25, -0.2) is 8.51 Å². The number of hydrogen-bond donors (Lipinski definition) is 0. The topological polar surface area (TPSA) is 20.1 Å². The molecule has 1 aliphatic heterocycles. The summed E-state index contributed by atoms with van der Waals surface area (Å²) in [6.07, 6.45) is -4.48. The van der Waals surface area contributed by atoms with Crippen LogP contribution in [0.3, 0.4) is 0 Å². The second-order valence-electron chi connectivity index (χ2n) is 5.76. The molecule has 2 nitrogen and oxygen atoms in total. The van der Waals surface area contributed by atoms with Crippen molar-refractivity contribution in [2.75, 3.05) is 6.54 Å². The first-order chi connectivity index (χ1) is 9.00. The van der Waals surface area contributed by atoms with Crippen molar-refractivity contribution < 1.29 is 17.4 Å². The predicted octanol–water partition coefficient (Wildman–Crippen LogP) is 3.88. The van der Waals surface area contributed by atoms with E-state index < -0.39 is 27.4 Å². The lowest BCUT2D eigenvalue weighted by molar-refractivity contribution is -0.168. The number of rotatable bonds is 2. The third-order valence-corrected chi connectivity index (χ3v) is 5.35. The highest BCUT2D eigenvalue weighted by atomic mass is 35.5. The first-order valence-corrected chi connectivity index (χ1v) is 7.51. The fraction of sp³-hybridized carbons (Fsp3) is 0.538. The van der Waals surface area contributed by atoms with Crippen molar-refractivity contribution in [2.45, 2.75) is 37.2 Å². The van der Waals surface area contributed by atoms with Crippen LogP contribution in [0, 0.1) is 0 Å². The molecule has 0 radical (unpaired) electrons. The fourth-order valence-electron chi connectivity index (χ4n) is 2.06. The summed E-state index contributed by atoms with van der Waals surface area (Å²) in [5, 5.41) is 0.371. The Labute approximate surface area is 123 Å². The fourth-order valence-corrected chi connectivity index (χ4v) is 3.64. The lowest BCUT2D eigenvalue weighted by Crippen LogP contribution is -2.38. The summed E-state index contributed by atoms with van der Waals surface area (Å²) >= 11 is 5.71. The largest absolute Gasteiger partial charge is 0.413 e. The summed E-state index contributed by atoms with van der Waals surface area (Å²) in [4.78, 5) is 0. The summed E-state index contributed by atoms with van der Waals surface area (Å²) in [6, 6.07) is 5.52. The Morgan fingerprint density at radius 3 is 2.10 bits per heavy atom. The summed E-state index contributed by atoms with van der Waals surface area (Å²) in [5.74, 6) is 0. The van der Waals surface area contributed by atoms with Gasteiger partial charge in [0.1, 0.15) is 11.0 Å². The van der Waals surface area contributed by atoms with E-state index in [4.69, 9.17) is 11.6 Å². The third kappa shape index (κ3) is 2.49. The number of benzene rings is 1. The molecule has 0 saturated carbocycles. The van der Waals surface area contributed by atoms with E-state index in [0.717, 1.165) is 4.31 Å². The molecular formula is C13H15ClF3NOS. The molecule has 1 aromatic carbocycles. The van der Waals surface area contributed by atoms with Gasteiger partial charge in [0, 0.05) is 11.6 Å². The highest BCUT2D eigenvalue weighted by Gasteiger charge is 2.73. The number of alkyl halides is 3. The van der Waals surface area contributed by atoms with E-state index in [9.17, 15) is 17.4 Å². The lowest BCUT2D eigenvalue weighted by atomic mass is 9.99. The molecular weight excluding hydrogens is 311 g/mol. The summed E-state index contributed by atoms with van der Waals surface area (Å²) in [7, 11) is -1.72. The second-order valence-corrected chi connectivity index (χ2v) is 8.36. The molecule has 1 heterocycles. The average Bonchev–Trinajstić information content (AvgIpc) is 3.03. The maximum absolute atomic E-state index is 13.5. The molecule has 3 atom stereocenters. The molecule has 0 amide bonds. The van der Waals surface area contributed by atoms with E-state index in [1.807, 2.05) is 0 Å². The number of nitrogens with zero attached hydrogens (tertiary/aromatic N) is 1. The van der Waals surface area contributed by atoms with Gasteiger partial charge in [-0.2, -0.15) is 13.2 Å². The predicted molar refractivity (Wildman–Crippen MR) is 73.8 cm³/mol. The minimum absolute atomic E-state index is 0.0759. The van der Waals surface area contributed by atoms with Crippen LogP contribution in [-0.4, -0.2) is 26.0 Å². The van der Waals surface area contributed by atoms with Crippen LogP contribution in [-0.2, 0) is 16.5 Å². The van der Waals surface area contributed by atoms with Gasteiger partial charge in [-0.1, -0.05) is 23.7 Å². The molecule has 112 valence electrons. The highest BCUT2D eigenvalue weighted by molar-refractivity contribution is 7.84. The molecule has 20 heavy (non-hydrogen) atoms. The Kier molecular flexibility index (Phi) is 3.72. The minimum Gasteiger partial charge on any atom is -0.242 e. The minimum atomic E-state index is -4.48. The molecule has 0 aliphatic carbocycles. The zero-order valence-corrected chi connectivity index (χ0v) is 12.9. The smallest absolute Gasteiger partial charge is 0.242 e. The Balaban J connectivity index is 2.42. The van der Waals surface area contributed by atoms with Gasteiger partial charge in [0.2, 0.25) is 0 Å². The lowest BCUT2D eigenvalue weighted by Gasteiger charge is -2.25. The third-order valence-electron chi connectivity index (χ3n) is 3.21. The molecule has 0 spiro atoms. The van der Waals surface area contributed by atoms with Gasteiger partial charge in [-0.15, -0.1) is 0 Å². The molecule has 0 N–H and O–H groups in total. The Morgan fingerprint density at radius 2 is 1.70 bits per heavy atom. The quantitative estimate of drug-likeness (QED) is 0.756. The molecule has 7 heteroatoms. The van der Waals surface area contributed by atoms with Crippen molar-refractivity contribution in [1.82, 2.24) is 4.31 Å². The van der Waals surface area contributed by atoms with Crippen LogP contribution in [0.25, 0.3) is 0 Å². The van der Waals surface area contributed by atoms with E-state index in [1.165, 1.54) is 24.3 Å². The molecule has 1 fully saturated rings. The van der Waals surface area contributed by atoms with Gasteiger partial charge in [0.25, 0.3) is 0 Å². The van der Waals surface area contributed by atoms with Gasteiger partial charge in [-0.05, 0) is 38.5 Å². The summed E-state index contributed by atoms with van der Waals surface area (Å²) in [5.41, 5.74) is -2.08. The van der Waals surface area contributed by atoms with Crippen LogP contribution >= 0.6 is 11.6 Å². The molecule has 1 saturated heterocycles. The molecule has 1 aliphatic rings. The zero-order valence-electron chi connectivity index (χ0n) is 11.3. The van der Waals surface area contributed by atoms with Gasteiger partial charge < -0.3 is 0 Å². The SMILES string of the molecule is CC(C)(C)S(=O)N1C[C@]1(c1ccc(Cl)cc1)C(F)(F)F. The van der Waals surface area contributed by atoms with Crippen molar-refractivity contribution in [3.05, 3.63) is 34.9 Å². The van der Waals surface area contributed by atoms with Crippen molar-refractivity contribution in [1.29, 1.82) is 0 Å². The maximum atomic E-state index is 13.5. The summed E-state index contributed by atoms with van der Waals surface area (Å²) < 4.78 is 52.9. The van der Waals surface area contributed by atoms with E-state index in [2.05, 4.69) is 0 Å². The first-order valence-electron chi connectivity index (χ1n) is 6.02. The highest BCUT2D eigenvalue weighted by Crippen LogP contribution is 2.56. The van der Waals surface area contributed by atoms with Crippen LogP contribution < -0.4 is 0 Å². The van der Waals surface area contributed by atoms with E-state index in [-0.39, 0.29) is 12.1 Å². The number of hydrogen-bond acceptors (Lipinski definition) is 1. The van der Waals surface area contributed by atoms with Crippen LogP contribution in [0.4, 0.5) is 13.2 Å². The maximum Gasteiger partial charge on any atom is 0.413 e.